The molecule has 0 radical (unpaired) electrons. The van der Waals surface area contributed by atoms with Gasteiger partial charge in [0.25, 0.3) is 0 Å². The lowest BCUT2D eigenvalue weighted by Gasteiger charge is -2.23. The van der Waals surface area contributed by atoms with Gasteiger partial charge in [0, 0.05) is 25.8 Å². The van der Waals surface area contributed by atoms with E-state index in [0.29, 0.717) is 25.7 Å². The number of hydrogen-bond donors (Lipinski definition) is 1. The molecule has 4 heteroatoms. The highest BCUT2D eigenvalue weighted by atomic mass is 19.1. The molecule has 112 valence electrons. The maximum absolute atomic E-state index is 13.0. The molecule has 1 saturated carbocycles. The monoisotopic (exact) mass is 281 g/mol. The summed E-state index contributed by atoms with van der Waals surface area (Å²) in [6.45, 7) is 5.85. The second-order valence-corrected chi connectivity index (χ2v) is 5.12. The molecule has 0 aromatic heterocycles. The van der Waals surface area contributed by atoms with Crippen LogP contribution in [-0.4, -0.2) is 26.0 Å². The van der Waals surface area contributed by atoms with E-state index >= 15 is 0 Å². The predicted octanol–water partition coefficient (Wildman–Crippen LogP) is 3.27. The number of rotatable bonds is 9. The van der Waals surface area contributed by atoms with Crippen LogP contribution in [0.25, 0.3) is 0 Å². The highest BCUT2D eigenvalue weighted by Gasteiger charge is 2.32. The van der Waals surface area contributed by atoms with Crippen molar-refractivity contribution in [3.05, 3.63) is 35.6 Å². The third-order valence-corrected chi connectivity index (χ3v) is 3.53. The first-order valence-electron chi connectivity index (χ1n) is 7.46. The summed E-state index contributed by atoms with van der Waals surface area (Å²) < 4.78 is 24.1. The maximum Gasteiger partial charge on any atom is 0.169 e. The van der Waals surface area contributed by atoms with Crippen LogP contribution in [0.4, 0.5) is 4.39 Å². The highest BCUT2D eigenvalue weighted by Crippen LogP contribution is 2.40. The largest absolute Gasteiger partial charge is 0.352 e. The van der Waals surface area contributed by atoms with E-state index in [-0.39, 0.29) is 18.1 Å². The van der Waals surface area contributed by atoms with Gasteiger partial charge in [-0.25, -0.2) is 4.39 Å². The van der Waals surface area contributed by atoms with E-state index in [9.17, 15) is 4.39 Å². The Hall–Kier alpha value is -0.970. The quantitative estimate of drug-likeness (QED) is 0.705. The van der Waals surface area contributed by atoms with Crippen molar-refractivity contribution < 1.29 is 13.9 Å². The Kier molecular flexibility index (Phi) is 5.95. The molecule has 1 aliphatic carbocycles. The normalized spacial score (nSPS) is 16.6. The number of hydrogen-bond acceptors (Lipinski definition) is 3. The second-order valence-electron chi connectivity index (χ2n) is 5.12. The van der Waals surface area contributed by atoms with Gasteiger partial charge in [0.2, 0.25) is 0 Å². The molecule has 1 aromatic carbocycles. The summed E-state index contributed by atoms with van der Waals surface area (Å²) in [6, 6.07) is 7.03. The first kappa shape index (κ1) is 15.4. The van der Waals surface area contributed by atoms with Crippen molar-refractivity contribution in [1.29, 1.82) is 0 Å². The van der Waals surface area contributed by atoms with E-state index < -0.39 is 0 Å². The fraction of sp³-hybridized carbons (Fsp3) is 0.625. The zero-order valence-electron chi connectivity index (χ0n) is 12.3. The Morgan fingerprint density at radius 3 is 2.25 bits per heavy atom. The third kappa shape index (κ3) is 4.54. The van der Waals surface area contributed by atoms with Crippen molar-refractivity contribution in [3.8, 4) is 0 Å². The Morgan fingerprint density at radius 1 is 1.15 bits per heavy atom. The molecular weight excluding hydrogens is 257 g/mol. The van der Waals surface area contributed by atoms with Gasteiger partial charge in [-0.2, -0.15) is 0 Å². The first-order chi connectivity index (χ1) is 9.74. The third-order valence-electron chi connectivity index (χ3n) is 3.53. The molecule has 1 aliphatic rings. The minimum atomic E-state index is -0.216. The molecule has 2 rings (SSSR count). The van der Waals surface area contributed by atoms with Gasteiger partial charge in [-0.3, -0.25) is 0 Å². The van der Waals surface area contributed by atoms with Crippen molar-refractivity contribution in [1.82, 2.24) is 5.32 Å². The SMILES string of the molecule is CCOC(CNC(c1ccc(F)cc1)C1CC1)OCC. The minimum absolute atomic E-state index is 0.190. The van der Waals surface area contributed by atoms with Gasteiger partial charge in [0.15, 0.2) is 6.29 Å². The molecule has 0 saturated heterocycles. The van der Waals surface area contributed by atoms with Gasteiger partial charge in [-0.15, -0.1) is 0 Å². The molecule has 1 unspecified atom stereocenters. The lowest BCUT2D eigenvalue weighted by molar-refractivity contribution is -0.134. The van der Waals surface area contributed by atoms with E-state index in [0.717, 1.165) is 5.56 Å². The van der Waals surface area contributed by atoms with Crippen LogP contribution in [0.2, 0.25) is 0 Å². The molecule has 0 aliphatic heterocycles. The molecule has 0 spiro atoms. The van der Waals surface area contributed by atoms with Crippen LogP contribution in [0.5, 0.6) is 0 Å². The molecule has 0 amide bonds. The highest BCUT2D eigenvalue weighted by molar-refractivity contribution is 5.22. The molecule has 1 atom stereocenters. The average molecular weight is 281 g/mol. The van der Waals surface area contributed by atoms with E-state index in [1.165, 1.54) is 25.0 Å². The fourth-order valence-electron chi connectivity index (χ4n) is 2.42. The molecule has 1 aromatic rings. The summed E-state index contributed by atoms with van der Waals surface area (Å²) in [5.74, 6) is 0.453. The Balaban J connectivity index is 1.93. The Morgan fingerprint density at radius 2 is 1.75 bits per heavy atom. The molecule has 1 N–H and O–H groups in total. The van der Waals surface area contributed by atoms with Crippen molar-refractivity contribution in [2.24, 2.45) is 5.92 Å². The van der Waals surface area contributed by atoms with Crippen molar-refractivity contribution in [3.63, 3.8) is 0 Å². The summed E-state index contributed by atoms with van der Waals surface area (Å²) >= 11 is 0. The molecule has 0 bridgehead atoms. The van der Waals surface area contributed by atoms with Gasteiger partial charge in [0.05, 0.1) is 0 Å². The summed E-state index contributed by atoms with van der Waals surface area (Å²) in [5, 5.41) is 3.51. The van der Waals surface area contributed by atoms with Crippen LogP contribution >= 0.6 is 0 Å². The molecule has 20 heavy (non-hydrogen) atoms. The van der Waals surface area contributed by atoms with Crippen molar-refractivity contribution in [2.45, 2.75) is 39.0 Å². The predicted molar refractivity (Wildman–Crippen MR) is 76.9 cm³/mol. The fourth-order valence-corrected chi connectivity index (χ4v) is 2.42. The minimum Gasteiger partial charge on any atom is -0.352 e. The van der Waals surface area contributed by atoms with E-state index in [1.807, 2.05) is 26.0 Å². The number of benzene rings is 1. The van der Waals surface area contributed by atoms with Crippen LogP contribution in [0, 0.1) is 11.7 Å². The molecule has 0 heterocycles. The van der Waals surface area contributed by atoms with E-state index in [2.05, 4.69) is 5.32 Å². The van der Waals surface area contributed by atoms with Crippen LogP contribution in [0.1, 0.15) is 38.3 Å². The van der Waals surface area contributed by atoms with Crippen molar-refractivity contribution in [2.75, 3.05) is 19.8 Å². The molecule has 1 fully saturated rings. The van der Waals surface area contributed by atoms with Crippen LogP contribution in [-0.2, 0) is 9.47 Å². The molecule has 3 nitrogen and oxygen atoms in total. The standard InChI is InChI=1S/C16H24FNO2/c1-3-19-15(20-4-2)11-18-16(12-5-6-12)13-7-9-14(17)10-8-13/h7-10,12,15-16,18H,3-6,11H2,1-2H3. The van der Waals surface area contributed by atoms with E-state index in [4.69, 9.17) is 9.47 Å². The van der Waals surface area contributed by atoms with E-state index in [1.54, 1.807) is 0 Å². The van der Waals surface area contributed by atoms with Crippen LogP contribution < -0.4 is 5.32 Å². The topological polar surface area (TPSA) is 30.5 Å². The zero-order chi connectivity index (χ0) is 14.4. The van der Waals surface area contributed by atoms with Gasteiger partial charge in [-0.1, -0.05) is 12.1 Å². The first-order valence-corrected chi connectivity index (χ1v) is 7.46. The zero-order valence-corrected chi connectivity index (χ0v) is 12.3. The maximum atomic E-state index is 13.0. The number of ether oxygens (including phenoxy) is 2. The van der Waals surface area contributed by atoms with Crippen molar-refractivity contribution >= 4 is 0 Å². The van der Waals surface area contributed by atoms with Gasteiger partial charge < -0.3 is 14.8 Å². The van der Waals surface area contributed by atoms with Gasteiger partial charge >= 0.3 is 0 Å². The summed E-state index contributed by atoms with van der Waals surface area (Å²) in [7, 11) is 0. The smallest absolute Gasteiger partial charge is 0.169 e. The van der Waals surface area contributed by atoms with Crippen LogP contribution in [0.15, 0.2) is 24.3 Å². The second kappa shape index (κ2) is 7.72. The number of nitrogens with one attached hydrogen (secondary N) is 1. The van der Waals surface area contributed by atoms with Crippen LogP contribution in [0.3, 0.4) is 0 Å². The summed E-state index contributed by atoms with van der Waals surface area (Å²) in [4.78, 5) is 0. The summed E-state index contributed by atoms with van der Waals surface area (Å²) in [6.07, 6.45) is 2.23. The molecular formula is C16H24FNO2. The van der Waals surface area contributed by atoms with Gasteiger partial charge in [0.1, 0.15) is 5.82 Å². The lowest BCUT2D eigenvalue weighted by atomic mass is 10.0. The summed E-state index contributed by atoms with van der Waals surface area (Å²) in [5.41, 5.74) is 1.14. The average Bonchev–Trinajstić information content (AvgIpc) is 3.26. The number of halogens is 1. The Labute approximate surface area is 120 Å². The lowest BCUT2D eigenvalue weighted by Crippen LogP contribution is -2.34. The Bertz CT molecular complexity index is 386. The van der Waals surface area contributed by atoms with Gasteiger partial charge in [-0.05, 0) is 50.3 Å².